The Kier molecular flexibility index (Phi) is 4.36. The lowest BCUT2D eigenvalue weighted by molar-refractivity contribution is 0.0945. The van der Waals surface area contributed by atoms with Crippen LogP contribution in [0.4, 0.5) is 5.69 Å². The minimum absolute atomic E-state index is 0.0269. The van der Waals surface area contributed by atoms with Crippen LogP contribution in [0.1, 0.15) is 30.4 Å². The molecule has 0 aliphatic rings. The van der Waals surface area contributed by atoms with Gasteiger partial charge in [0.25, 0.3) is 5.91 Å². The molecule has 1 heterocycles. The van der Waals surface area contributed by atoms with E-state index in [1.807, 2.05) is 13.8 Å². The highest BCUT2D eigenvalue weighted by Gasteiger charge is 2.15. The van der Waals surface area contributed by atoms with Gasteiger partial charge in [0, 0.05) is 18.8 Å². The van der Waals surface area contributed by atoms with Crippen LogP contribution >= 0.6 is 0 Å². The number of carbonyl (C=O) groups is 1. The van der Waals surface area contributed by atoms with Gasteiger partial charge in [-0.25, -0.2) is 13.6 Å². The fourth-order valence-corrected chi connectivity index (χ4v) is 1.89. The molecule has 0 atom stereocenters. The summed E-state index contributed by atoms with van der Waals surface area (Å²) in [6.45, 7) is 3.81. The van der Waals surface area contributed by atoms with E-state index in [9.17, 15) is 13.2 Å². The number of anilines is 1. The molecule has 0 aromatic carbocycles. The van der Waals surface area contributed by atoms with E-state index in [0.29, 0.717) is 11.4 Å². The van der Waals surface area contributed by atoms with Crippen LogP contribution in [0.15, 0.2) is 12.3 Å². The number of primary sulfonamides is 1. The number of aromatic nitrogens is 1. The summed E-state index contributed by atoms with van der Waals surface area (Å²) in [5.41, 5.74) is 6.52. The molecule has 102 valence electrons. The Morgan fingerprint density at radius 3 is 2.61 bits per heavy atom. The molecule has 18 heavy (non-hydrogen) atoms. The van der Waals surface area contributed by atoms with Crippen LogP contribution < -0.4 is 16.2 Å². The van der Waals surface area contributed by atoms with Crippen molar-refractivity contribution in [1.29, 1.82) is 0 Å². The number of hydrogen-bond acceptors (Lipinski definition) is 4. The van der Waals surface area contributed by atoms with Crippen molar-refractivity contribution in [3.63, 3.8) is 0 Å². The Labute approximate surface area is 106 Å². The summed E-state index contributed by atoms with van der Waals surface area (Å²) in [4.78, 5) is 11.8. The van der Waals surface area contributed by atoms with E-state index in [-0.39, 0.29) is 24.2 Å². The average Bonchev–Trinajstić information content (AvgIpc) is 2.58. The van der Waals surface area contributed by atoms with E-state index >= 15 is 0 Å². The van der Waals surface area contributed by atoms with E-state index in [1.165, 1.54) is 0 Å². The monoisotopic (exact) mass is 274 g/mol. The van der Waals surface area contributed by atoms with Crippen molar-refractivity contribution in [2.45, 2.75) is 19.9 Å². The van der Waals surface area contributed by atoms with E-state index in [1.54, 1.807) is 16.8 Å². The first-order valence-electron chi connectivity index (χ1n) is 5.46. The van der Waals surface area contributed by atoms with Crippen molar-refractivity contribution in [1.82, 2.24) is 9.88 Å². The molecule has 0 saturated heterocycles. The van der Waals surface area contributed by atoms with Crippen LogP contribution in [0.3, 0.4) is 0 Å². The highest BCUT2D eigenvalue weighted by atomic mass is 32.2. The fourth-order valence-electron chi connectivity index (χ4n) is 1.51. The van der Waals surface area contributed by atoms with Crippen molar-refractivity contribution >= 4 is 21.6 Å². The summed E-state index contributed by atoms with van der Waals surface area (Å²) in [7, 11) is -3.57. The second kappa shape index (κ2) is 5.40. The highest BCUT2D eigenvalue weighted by molar-refractivity contribution is 7.89. The number of hydrogen-bond donors (Lipinski definition) is 3. The molecule has 0 aliphatic heterocycles. The van der Waals surface area contributed by atoms with E-state index < -0.39 is 10.0 Å². The molecule has 1 amide bonds. The van der Waals surface area contributed by atoms with Gasteiger partial charge in [0.2, 0.25) is 10.0 Å². The molecule has 5 N–H and O–H groups in total. The van der Waals surface area contributed by atoms with Crippen LogP contribution in [0.2, 0.25) is 0 Å². The molecule has 0 unspecified atom stereocenters. The third-order valence-electron chi connectivity index (χ3n) is 2.33. The van der Waals surface area contributed by atoms with E-state index in [0.717, 1.165) is 0 Å². The molecule has 1 aromatic rings. The summed E-state index contributed by atoms with van der Waals surface area (Å²) in [5.74, 6) is -0.666. The summed E-state index contributed by atoms with van der Waals surface area (Å²) in [6, 6.07) is 1.63. The number of nitrogens with one attached hydrogen (secondary N) is 1. The molecule has 1 aromatic heterocycles. The summed E-state index contributed by atoms with van der Waals surface area (Å²) in [5, 5.41) is 7.33. The van der Waals surface area contributed by atoms with Crippen LogP contribution in [0, 0.1) is 0 Å². The zero-order valence-electron chi connectivity index (χ0n) is 10.4. The third kappa shape index (κ3) is 4.04. The molecule has 0 radical (unpaired) electrons. The number of carbonyl (C=O) groups excluding carboxylic acids is 1. The van der Waals surface area contributed by atoms with E-state index in [2.05, 4.69) is 5.32 Å². The zero-order valence-corrected chi connectivity index (χ0v) is 11.2. The van der Waals surface area contributed by atoms with Gasteiger partial charge in [0.05, 0.1) is 11.4 Å². The lowest BCUT2D eigenvalue weighted by Crippen LogP contribution is -2.32. The number of nitrogens with zero attached hydrogens (tertiary/aromatic N) is 1. The van der Waals surface area contributed by atoms with Crippen molar-refractivity contribution in [3.8, 4) is 0 Å². The van der Waals surface area contributed by atoms with Gasteiger partial charge in [-0.1, -0.05) is 0 Å². The molecule has 0 bridgehead atoms. The van der Waals surface area contributed by atoms with Gasteiger partial charge in [-0.15, -0.1) is 0 Å². The summed E-state index contributed by atoms with van der Waals surface area (Å²) < 4.78 is 23.2. The van der Waals surface area contributed by atoms with E-state index in [4.69, 9.17) is 10.9 Å². The normalized spacial score (nSPS) is 11.8. The second-order valence-corrected chi connectivity index (χ2v) is 6.02. The van der Waals surface area contributed by atoms with Crippen molar-refractivity contribution < 1.29 is 13.2 Å². The maximum Gasteiger partial charge on any atom is 0.268 e. The average molecular weight is 274 g/mol. The lowest BCUT2D eigenvalue weighted by Gasteiger charge is -2.12. The van der Waals surface area contributed by atoms with Crippen LogP contribution in [0.25, 0.3) is 0 Å². The number of amides is 1. The molecule has 1 rings (SSSR count). The summed E-state index contributed by atoms with van der Waals surface area (Å²) in [6.07, 6.45) is 1.67. The topological polar surface area (TPSA) is 120 Å². The standard InChI is InChI=1S/C10H18N4O3S/c1-7(2)14-6-8(11)5-9(14)10(15)13-3-4-18(12,16)17/h5-7H,3-4,11H2,1-2H3,(H,13,15)(H2,12,16,17). The minimum atomic E-state index is -3.57. The maximum atomic E-state index is 11.8. The Morgan fingerprint density at radius 1 is 1.50 bits per heavy atom. The van der Waals surface area contributed by atoms with Gasteiger partial charge in [0.15, 0.2) is 0 Å². The molecule has 0 aliphatic carbocycles. The highest BCUT2D eigenvalue weighted by Crippen LogP contribution is 2.16. The predicted octanol–water partition coefficient (Wildman–Crippen LogP) is -0.330. The first kappa shape index (κ1) is 14.5. The van der Waals surface area contributed by atoms with Gasteiger partial charge in [0.1, 0.15) is 5.69 Å². The van der Waals surface area contributed by atoms with Crippen molar-refractivity contribution in [3.05, 3.63) is 18.0 Å². The molecule has 7 nitrogen and oxygen atoms in total. The lowest BCUT2D eigenvalue weighted by atomic mass is 10.3. The largest absolute Gasteiger partial charge is 0.397 e. The predicted molar refractivity (Wildman–Crippen MR) is 69.5 cm³/mol. The van der Waals surface area contributed by atoms with Crippen LogP contribution in [-0.2, 0) is 10.0 Å². The van der Waals surface area contributed by atoms with Gasteiger partial charge >= 0.3 is 0 Å². The number of nitrogens with two attached hydrogens (primary N) is 2. The van der Waals surface area contributed by atoms with Gasteiger partial charge in [-0.05, 0) is 19.9 Å². The number of rotatable bonds is 5. The van der Waals surface area contributed by atoms with Crippen molar-refractivity contribution in [2.75, 3.05) is 18.0 Å². The molecule has 0 spiro atoms. The molecule has 0 saturated carbocycles. The Bertz CT molecular complexity index is 533. The minimum Gasteiger partial charge on any atom is -0.397 e. The third-order valence-corrected chi connectivity index (χ3v) is 3.10. The SMILES string of the molecule is CC(C)n1cc(N)cc1C(=O)NCCS(N)(=O)=O. The second-order valence-electron chi connectivity index (χ2n) is 4.28. The Balaban J connectivity index is 2.73. The van der Waals surface area contributed by atoms with Crippen molar-refractivity contribution in [2.24, 2.45) is 5.14 Å². The quantitative estimate of drug-likeness (QED) is 0.680. The smallest absolute Gasteiger partial charge is 0.268 e. The van der Waals surface area contributed by atoms with Gasteiger partial charge in [-0.3, -0.25) is 4.79 Å². The Hall–Kier alpha value is -1.54. The van der Waals surface area contributed by atoms with Gasteiger partial charge < -0.3 is 15.6 Å². The van der Waals surface area contributed by atoms with Crippen LogP contribution in [0.5, 0.6) is 0 Å². The Morgan fingerprint density at radius 2 is 2.11 bits per heavy atom. The summed E-state index contributed by atoms with van der Waals surface area (Å²) >= 11 is 0. The molecular weight excluding hydrogens is 256 g/mol. The number of sulfonamides is 1. The molecule has 8 heteroatoms. The van der Waals surface area contributed by atoms with Gasteiger partial charge in [-0.2, -0.15) is 0 Å². The zero-order chi connectivity index (χ0) is 13.9. The number of nitrogen functional groups attached to an aromatic ring is 1. The molecule has 0 fully saturated rings. The molecular formula is C10H18N4O3S. The first-order valence-corrected chi connectivity index (χ1v) is 7.18. The maximum absolute atomic E-state index is 11.8. The van der Waals surface area contributed by atoms with Crippen LogP contribution in [-0.4, -0.2) is 31.2 Å². The first-order chi connectivity index (χ1) is 8.20. The fraction of sp³-hybridized carbons (Fsp3) is 0.500.